The highest BCUT2D eigenvalue weighted by molar-refractivity contribution is 6.25. The Morgan fingerprint density at radius 2 is 1.55 bits per heavy atom. The summed E-state index contributed by atoms with van der Waals surface area (Å²) in [5.41, 5.74) is 15.8. The van der Waals surface area contributed by atoms with E-state index in [0.717, 1.165) is 0 Å². The number of hydrogen-bond donors (Lipinski definition) is 7. The van der Waals surface area contributed by atoms with Gasteiger partial charge in [-0.3, -0.25) is 38.5 Å². The Bertz CT molecular complexity index is 2000. The van der Waals surface area contributed by atoms with Crippen LogP contribution in [0.15, 0.2) is 46.8 Å². The number of carbonyl (C=O) groups excluding carboxylic acids is 9. The fourth-order valence-corrected chi connectivity index (χ4v) is 7.58. The topological polar surface area (TPSA) is 314 Å². The number of fused-ring (bicyclic) bond motifs is 4. The number of nitrogens with two attached hydrogens (primary N) is 3. The summed E-state index contributed by atoms with van der Waals surface area (Å²) in [6.45, 7) is 5.57. The summed E-state index contributed by atoms with van der Waals surface area (Å²) in [4.78, 5) is 117. The van der Waals surface area contributed by atoms with Crippen LogP contribution in [0.1, 0.15) is 52.5 Å². The summed E-state index contributed by atoms with van der Waals surface area (Å²) >= 11 is 0. The van der Waals surface area contributed by atoms with Gasteiger partial charge in [0.2, 0.25) is 41.1 Å². The lowest BCUT2D eigenvalue weighted by Gasteiger charge is -2.40. The van der Waals surface area contributed by atoms with Crippen molar-refractivity contribution in [2.24, 2.45) is 23.1 Å². The predicted octanol–water partition coefficient (Wildman–Crippen LogP) is -1.49. The molecule has 1 aliphatic carbocycles. The van der Waals surface area contributed by atoms with Crippen molar-refractivity contribution < 1.29 is 57.4 Å². The zero-order valence-electron chi connectivity index (χ0n) is 32.5. The molecule has 2 fully saturated rings. The van der Waals surface area contributed by atoms with Crippen LogP contribution in [-0.2, 0) is 54.4 Å². The van der Waals surface area contributed by atoms with E-state index in [4.69, 9.17) is 31.4 Å². The molecule has 312 valence electrons. The van der Waals surface area contributed by atoms with Crippen molar-refractivity contribution in [2.75, 3.05) is 25.6 Å². The highest BCUT2D eigenvalue weighted by atomic mass is 16.6. The van der Waals surface area contributed by atoms with Gasteiger partial charge in [0.05, 0.1) is 29.8 Å². The van der Waals surface area contributed by atoms with E-state index in [0.29, 0.717) is 12.0 Å². The quantitative estimate of drug-likeness (QED) is 0.0739. The molecule has 0 aromatic heterocycles. The van der Waals surface area contributed by atoms with Crippen molar-refractivity contribution in [1.29, 1.82) is 0 Å². The summed E-state index contributed by atoms with van der Waals surface area (Å²) in [5.74, 6) is -5.49. The fourth-order valence-electron chi connectivity index (χ4n) is 7.58. The monoisotopic (exact) mass is 809 g/mol. The largest absolute Gasteiger partial charge is 0.449 e. The zero-order chi connectivity index (χ0) is 42.8. The zero-order valence-corrected chi connectivity index (χ0v) is 32.5. The molecule has 3 heterocycles. The number of carbonyl (C=O) groups is 9. The van der Waals surface area contributed by atoms with E-state index in [2.05, 4.69) is 21.3 Å². The minimum absolute atomic E-state index is 0.0176. The lowest BCUT2D eigenvalue weighted by atomic mass is 9.82. The van der Waals surface area contributed by atoms with Gasteiger partial charge < -0.3 is 57.6 Å². The number of methoxy groups -OCH3 is 1. The normalized spacial score (nSPS) is 23.2. The second kappa shape index (κ2) is 16.9. The number of amides is 7. The van der Waals surface area contributed by atoms with Crippen LogP contribution in [0.3, 0.4) is 0 Å². The number of primary amides is 2. The molecule has 3 aliphatic heterocycles. The number of nitrogens with zero attached hydrogens (tertiary/aromatic N) is 2. The van der Waals surface area contributed by atoms with Crippen molar-refractivity contribution in [1.82, 2.24) is 25.8 Å². The standard InChI is InChI=1S/C37H47N9O12/c1-6-7-25(48)41-17(3)32(51)42-18(4)33(52)44-22(12-24(38)47)34(53)43-20-10-8-19(9-11-20)14-58-36(55)46-23-13-45-28-26(30(50)27(39)16(2)29(28)49)21(15-57-35(40)54)37(45,56-5)31(23)46/h8-11,17-18,21-23,31H,6-7,12-15,39H2,1-5H3,(H2,38,47)(H2,40,54)(H,41,48)(H,42,51)(H,43,53)(H,44,52)/t17-,18-,21+,22-,23-,31?,37+,46?/m0/s1. The molecule has 5 rings (SSSR count). The summed E-state index contributed by atoms with van der Waals surface area (Å²) < 4.78 is 16.7. The molecule has 0 radical (unpaired) electrons. The smallest absolute Gasteiger partial charge is 0.410 e. The number of allylic oxidation sites excluding steroid dienone is 2. The van der Waals surface area contributed by atoms with Crippen LogP contribution in [0.25, 0.3) is 0 Å². The second-order valence-corrected chi connectivity index (χ2v) is 14.4. The molecule has 1 aromatic rings. The molecule has 58 heavy (non-hydrogen) atoms. The predicted molar refractivity (Wildman–Crippen MR) is 200 cm³/mol. The van der Waals surface area contributed by atoms with Crippen LogP contribution in [0, 0.1) is 5.92 Å². The molecule has 0 saturated carbocycles. The molecule has 21 nitrogen and oxygen atoms in total. The SMILES string of the molecule is CCCC(=O)N[C@@H](C)C(=O)N[C@@H](C)C(=O)N[C@@H](CC(N)=O)C(=O)Nc1ccc(COC(=O)N2C3[C@@H]2CN2C4=C(C(=O)C(N)=C(C)C4=O)[C@@H](COC(N)=O)[C@@]32OC)cc1. The number of Topliss-reactive ketones (excluding diaryl/α,β-unsaturated/α-hetero) is 2. The Kier molecular flexibility index (Phi) is 12.4. The van der Waals surface area contributed by atoms with Gasteiger partial charge in [0.15, 0.2) is 5.72 Å². The van der Waals surface area contributed by atoms with Crippen molar-refractivity contribution in [3.8, 4) is 0 Å². The maximum Gasteiger partial charge on any atom is 0.410 e. The first kappa shape index (κ1) is 42.6. The second-order valence-electron chi connectivity index (χ2n) is 14.4. The third-order valence-corrected chi connectivity index (χ3v) is 10.5. The molecule has 0 bridgehead atoms. The number of nitrogens with one attached hydrogen (secondary N) is 4. The van der Waals surface area contributed by atoms with E-state index in [1.54, 1.807) is 17.0 Å². The van der Waals surface area contributed by atoms with E-state index >= 15 is 0 Å². The summed E-state index contributed by atoms with van der Waals surface area (Å²) in [6.07, 6.45) is -1.57. The molecule has 7 atom stereocenters. The van der Waals surface area contributed by atoms with Crippen LogP contribution in [0.5, 0.6) is 0 Å². The minimum Gasteiger partial charge on any atom is -0.449 e. The molecule has 4 aliphatic rings. The average Bonchev–Trinajstić information content (AvgIpc) is 3.68. The summed E-state index contributed by atoms with van der Waals surface area (Å²) in [6, 6.07) is 1.48. The Hall–Kier alpha value is -6.51. The van der Waals surface area contributed by atoms with Crippen LogP contribution in [0.2, 0.25) is 0 Å². The average molecular weight is 810 g/mol. The van der Waals surface area contributed by atoms with E-state index in [1.807, 2.05) is 6.92 Å². The number of hydrogen-bond acceptors (Lipinski definition) is 14. The van der Waals surface area contributed by atoms with Gasteiger partial charge in [-0.05, 0) is 44.9 Å². The Morgan fingerprint density at radius 3 is 2.16 bits per heavy atom. The van der Waals surface area contributed by atoms with Gasteiger partial charge in [0, 0.05) is 36.9 Å². The van der Waals surface area contributed by atoms with Gasteiger partial charge >= 0.3 is 12.2 Å². The van der Waals surface area contributed by atoms with Crippen molar-refractivity contribution in [3.63, 3.8) is 0 Å². The summed E-state index contributed by atoms with van der Waals surface area (Å²) in [5, 5.41) is 9.97. The van der Waals surface area contributed by atoms with Gasteiger partial charge in [-0.1, -0.05) is 19.1 Å². The molecular formula is C37H47N9O12. The molecule has 10 N–H and O–H groups in total. The molecular weight excluding hydrogens is 762 g/mol. The minimum atomic E-state index is -1.47. The number of ketones is 2. The van der Waals surface area contributed by atoms with E-state index < -0.39 is 102 Å². The van der Waals surface area contributed by atoms with E-state index in [1.165, 1.54) is 44.9 Å². The summed E-state index contributed by atoms with van der Waals surface area (Å²) in [7, 11) is 1.36. The Balaban J connectivity index is 1.18. The third-order valence-electron chi connectivity index (χ3n) is 10.5. The lowest BCUT2D eigenvalue weighted by molar-refractivity contribution is -0.144. The van der Waals surface area contributed by atoms with Gasteiger partial charge in [0.1, 0.15) is 37.4 Å². The molecule has 0 spiro atoms. The molecule has 1 aromatic carbocycles. The number of benzene rings is 1. The first-order valence-corrected chi connectivity index (χ1v) is 18.5. The van der Waals surface area contributed by atoms with E-state index in [9.17, 15) is 43.2 Å². The Morgan fingerprint density at radius 1 is 0.914 bits per heavy atom. The van der Waals surface area contributed by atoms with Crippen LogP contribution < -0.4 is 38.5 Å². The van der Waals surface area contributed by atoms with Crippen molar-refractivity contribution >= 4 is 59.0 Å². The molecule has 21 heteroatoms. The highest BCUT2D eigenvalue weighted by Gasteiger charge is 2.78. The van der Waals surface area contributed by atoms with Gasteiger partial charge in [-0.25, -0.2) is 9.59 Å². The van der Waals surface area contributed by atoms with E-state index in [-0.39, 0.29) is 53.7 Å². The maximum atomic E-state index is 13.4. The highest BCUT2D eigenvalue weighted by Crippen LogP contribution is 2.59. The molecule has 1 unspecified atom stereocenters. The molecule has 7 amide bonds. The fraction of sp³-hybridized carbons (Fsp3) is 0.486. The van der Waals surface area contributed by atoms with Crippen LogP contribution in [0.4, 0.5) is 15.3 Å². The van der Waals surface area contributed by atoms with Crippen molar-refractivity contribution in [2.45, 2.75) is 89.5 Å². The third kappa shape index (κ3) is 8.15. The van der Waals surface area contributed by atoms with Gasteiger partial charge in [0.25, 0.3) is 0 Å². The Labute approximate surface area is 332 Å². The van der Waals surface area contributed by atoms with Crippen molar-refractivity contribution in [3.05, 3.63) is 52.4 Å². The first-order valence-electron chi connectivity index (χ1n) is 18.5. The lowest BCUT2D eigenvalue weighted by Crippen LogP contribution is -2.56. The first-order chi connectivity index (χ1) is 27.4. The van der Waals surface area contributed by atoms with Crippen LogP contribution >= 0.6 is 0 Å². The number of piperazine rings is 1. The number of ether oxygens (including phenoxy) is 3. The van der Waals surface area contributed by atoms with Gasteiger partial charge in [-0.2, -0.15) is 0 Å². The van der Waals surface area contributed by atoms with Gasteiger partial charge in [-0.15, -0.1) is 0 Å². The maximum absolute atomic E-state index is 13.4. The number of rotatable bonds is 16. The van der Waals surface area contributed by atoms with Crippen LogP contribution in [-0.4, -0.2) is 119 Å². The molecule has 2 saturated heterocycles. The number of anilines is 1.